The van der Waals surface area contributed by atoms with Crippen molar-refractivity contribution in [3.05, 3.63) is 127 Å². The van der Waals surface area contributed by atoms with Gasteiger partial charge in [0, 0.05) is 0 Å². The van der Waals surface area contributed by atoms with Crippen LogP contribution in [0.4, 0.5) is 0 Å². The topological polar surface area (TPSA) is 46.5 Å². The Labute approximate surface area is 190 Å². The zero-order chi connectivity index (χ0) is 22.3. The van der Waals surface area contributed by atoms with Gasteiger partial charge in [-0.15, -0.1) is 0 Å². The predicted molar refractivity (Wildman–Crippen MR) is 128 cm³/mol. The van der Waals surface area contributed by atoms with Gasteiger partial charge < -0.3 is 9.84 Å². The van der Waals surface area contributed by atoms with Crippen LogP contribution in [0.5, 0.6) is 11.5 Å². The van der Waals surface area contributed by atoms with Crippen LogP contribution in [0.25, 0.3) is 11.1 Å². The highest BCUT2D eigenvalue weighted by Gasteiger charge is 2.24. The monoisotopic (exact) mass is 421 g/mol. The van der Waals surface area contributed by atoms with Gasteiger partial charge in [0.25, 0.3) is 0 Å². The van der Waals surface area contributed by atoms with E-state index in [4.69, 9.17) is 4.74 Å². The van der Waals surface area contributed by atoms with E-state index >= 15 is 0 Å². The van der Waals surface area contributed by atoms with Crippen molar-refractivity contribution < 1.29 is 14.6 Å². The molecule has 0 saturated heterocycles. The van der Waals surface area contributed by atoms with Gasteiger partial charge in [-0.25, -0.2) is 0 Å². The van der Waals surface area contributed by atoms with E-state index in [0.717, 1.165) is 23.1 Å². The number of allylic oxidation sites excluding steroid dienone is 1. The first-order valence-corrected chi connectivity index (χ1v) is 10.7. The van der Waals surface area contributed by atoms with Crippen molar-refractivity contribution in [1.29, 1.82) is 0 Å². The first-order valence-electron chi connectivity index (χ1n) is 10.7. The second-order valence-corrected chi connectivity index (χ2v) is 7.53. The summed E-state index contributed by atoms with van der Waals surface area (Å²) in [6.07, 6.45) is 8.12. The predicted octanol–water partition coefficient (Wildman–Crippen LogP) is 6.11. The summed E-state index contributed by atoms with van der Waals surface area (Å²) in [6, 6.07) is 25.4. The second-order valence-electron chi connectivity index (χ2n) is 7.53. The van der Waals surface area contributed by atoms with E-state index in [1.54, 1.807) is 25.0 Å². The number of phenolic OH excluding ortho intramolecular Hbond substituents is 1. The van der Waals surface area contributed by atoms with E-state index < -0.39 is 0 Å². The van der Waals surface area contributed by atoms with E-state index in [0.29, 0.717) is 11.7 Å². The van der Waals surface area contributed by atoms with Crippen LogP contribution in [0.2, 0.25) is 0 Å². The lowest BCUT2D eigenvalue weighted by Gasteiger charge is -2.17. The number of aromatic hydroxyl groups is 1. The molecular weight excluding hydrogens is 396 g/mol. The molecule has 1 aliphatic rings. The van der Waals surface area contributed by atoms with Crippen LogP contribution in [0.1, 0.15) is 30.0 Å². The van der Waals surface area contributed by atoms with E-state index in [2.05, 4.69) is 19.1 Å². The average molecular weight is 422 g/mol. The van der Waals surface area contributed by atoms with Gasteiger partial charge in [0.2, 0.25) is 0 Å². The highest BCUT2D eigenvalue weighted by Crippen LogP contribution is 2.35. The van der Waals surface area contributed by atoms with Crippen LogP contribution < -0.4 is 4.74 Å². The van der Waals surface area contributed by atoms with E-state index in [1.807, 2.05) is 67.4 Å². The van der Waals surface area contributed by atoms with Crippen LogP contribution in [0.3, 0.4) is 0 Å². The third kappa shape index (κ3) is 5.11. The molecule has 0 unspecified atom stereocenters. The maximum absolute atomic E-state index is 12.2. The minimum absolute atomic E-state index is 0.00818. The molecule has 5 radical (unpaired) electrons. The molecule has 1 N–H and O–H groups in total. The molecular formula is C29H25O3. The van der Waals surface area contributed by atoms with Crippen molar-refractivity contribution >= 4 is 16.9 Å². The van der Waals surface area contributed by atoms with Crippen LogP contribution in [0.15, 0.2) is 78.9 Å². The Morgan fingerprint density at radius 1 is 0.781 bits per heavy atom. The largest absolute Gasteiger partial charge is 0.508 e. The zero-order valence-corrected chi connectivity index (χ0v) is 18.0. The molecule has 1 fully saturated rings. The number of hydrogen-bond donors (Lipinski definition) is 1. The number of rotatable bonds is 8. The van der Waals surface area contributed by atoms with Crippen LogP contribution in [0, 0.1) is 31.6 Å². The van der Waals surface area contributed by atoms with Gasteiger partial charge in [-0.05, 0) is 84.2 Å². The van der Waals surface area contributed by atoms with Crippen LogP contribution in [-0.4, -0.2) is 17.5 Å². The van der Waals surface area contributed by atoms with Crippen molar-refractivity contribution in [1.82, 2.24) is 0 Å². The molecule has 3 nitrogen and oxygen atoms in total. The first kappa shape index (κ1) is 21.9. The van der Waals surface area contributed by atoms with Crippen molar-refractivity contribution in [3.63, 3.8) is 0 Å². The summed E-state index contributed by atoms with van der Waals surface area (Å²) < 4.78 is 5.72. The summed E-state index contributed by atoms with van der Waals surface area (Å²) in [4.78, 5) is 12.2. The number of carbonyl (C=O) groups excluding carboxylic acids is 1. The molecule has 0 heterocycles. The third-order valence-electron chi connectivity index (χ3n) is 5.43. The molecule has 4 rings (SSSR count). The molecule has 1 aliphatic carbocycles. The van der Waals surface area contributed by atoms with Gasteiger partial charge in [0.15, 0.2) is 5.78 Å². The standard InChI is InChI=1S/C29H25O3/c1-2-27(21-8-4-3-5-9-21)29(23-12-16-25(30)17-13-23)24-14-18-26(19-15-24)32-20-28(31)22-10-6-7-11-22/h3-19,30H,2,20H2,1H3/b29-27+. The molecule has 0 atom stereocenters. The van der Waals surface area contributed by atoms with Crippen LogP contribution >= 0.6 is 0 Å². The Morgan fingerprint density at radius 3 is 1.97 bits per heavy atom. The Hall–Kier alpha value is -3.33. The summed E-state index contributed by atoms with van der Waals surface area (Å²) in [7, 11) is 0. The molecule has 0 aromatic heterocycles. The summed E-state index contributed by atoms with van der Waals surface area (Å²) in [6.45, 7) is 2.16. The summed E-state index contributed by atoms with van der Waals surface area (Å²) in [5.41, 5.74) is 5.57. The summed E-state index contributed by atoms with van der Waals surface area (Å²) in [5, 5.41) is 9.77. The van der Waals surface area contributed by atoms with Crippen LogP contribution in [-0.2, 0) is 4.79 Å². The fourth-order valence-electron chi connectivity index (χ4n) is 3.82. The molecule has 0 amide bonds. The number of benzene rings is 3. The number of Topliss-reactive ketones (excluding diaryl/α,β-unsaturated/α-hetero) is 1. The van der Waals surface area contributed by atoms with Gasteiger partial charge in [-0.1, -0.05) is 61.5 Å². The van der Waals surface area contributed by atoms with E-state index in [-0.39, 0.29) is 18.1 Å². The Morgan fingerprint density at radius 2 is 1.38 bits per heavy atom. The zero-order valence-electron chi connectivity index (χ0n) is 18.0. The molecule has 1 saturated carbocycles. The molecule has 0 spiro atoms. The van der Waals surface area contributed by atoms with Gasteiger partial charge in [-0.2, -0.15) is 0 Å². The second kappa shape index (κ2) is 10.3. The Balaban J connectivity index is 1.63. The molecule has 0 aliphatic heterocycles. The number of ether oxygens (including phenoxy) is 1. The number of hydrogen-bond acceptors (Lipinski definition) is 3. The molecule has 159 valence electrons. The lowest BCUT2D eigenvalue weighted by Crippen LogP contribution is -2.18. The highest BCUT2D eigenvalue weighted by molar-refractivity contribution is 5.99. The maximum Gasteiger partial charge on any atom is 0.177 e. The SMILES string of the molecule is CC/C(=C(/c1ccc(O)cc1)c1ccc(OCC(=O)[C]2[CH][CH][CH][CH]2)cc1)c1ccccc1. The lowest BCUT2D eigenvalue weighted by atomic mass is 9.88. The molecule has 32 heavy (non-hydrogen) atoms. The van der Waals surface area contributed by atoms with Gasteiger partial charge in [0.05, 0.1) is 5.92 Å². The lowest BCUT2D eigenvalue weighted by molar-refractivity contribution is -0.118. The fourth-order valence-corrected chi connectivity index (χ4v) is 3.82. The fraction of sp³-hybridized carbons (Fsp3) is 0.103. The van der Waals surface area contributed by atoms with Crippen molar-refractivity contribution in [3.8, 4) is 11.5 Å². The quantitative estimate of drug-likeness (QED) is 0.446. The number of phenols is 1. The molecule has 3 aromatic rings. The Kier molecular flexibility index (Phi) is 7.06. The smallest absolute Gasteiger partial charge is 0.177 e. The molecule has 3 aromatic carbocycles. The maximum atomic E-state index is 12.2. The number of carbonyl (C=O) groups is 1. The number of ketones is 1. The van der Waals surface area contributed by atoms with Crippen molar-refractivity contribution in [2.45, 2.75) is 13.3 Å². The third-order valence-corrected chi connectivity index (χ3v) is 5.43. The minimum Gasteiger partial charge on any atom is -0.508 e. The van der Waals surface area contributed by atoms with Crippen molar-refractivity contribution in [2.75, 3.05) is 6.61 Å². The molecule has 3 heteroatoms. The van der Waals surface area contributed by atoms with E-state index in [9.17, 15) is 9.90 Å². The Bertz CT molecular complexity index is 1060. The summed E-state index contributed by atoms with van der Waals surface area (Å²) >= 11 is 0. The average Bonchev–Trinajstić information content (AvgIpc) is 3.38. The highest BCUT2D eigenvalue weighted by atomic mass is 16.5. The normalized spacial score (nSPS) is 14.8. The summed E-state index contributed by atoms with van der Waals surface area (Å²) in [5.74, 6) is 1.51. The van der Waals surface area contributed by atoms with Gasteiger partial charge in [-0.3, -0.25) is 4.79 Å². The van der Waals surface area contributed by atoms with E-state index in [1.165, 1.54) is 11.1 Å². The van der Waals surface area contributed by atoms with Gasteiger partial charge >= 0.3 is 0 Å². The van der Waals surface area contributed by atoms with Gasteiger partial charge in [0.1, 0.15) is 18.1 Å². The first-order chi connectivity index (χ1) is 15.7. The minimum atomic E-state index is -0.0406. The molecule has 0 bridgehead atoms. The van der Waals surface area contributed by atoms with Crippen molar-refractivity contribution in [2.24, 2.45) is 0 Å².